The molecule has 0 radical (unpaired) electrons. The molecule has 1 heterocycles. The van der Waals surface area contributed by atoms with Crippen molar-refractivity contribution in [1.82, 2.24) is 6.24 Å². The predicted octanol–water partition coefficient (Wildman–Crippen LogP) is 2.08. The van der Waals surface area contributed by atoms with Gasteiger partial charge in [0.05, 0.1) is 0 Å². The standard InChI is InChI=1S/C3H8N2.2C3H7.Sn/c1-4-3-5-2;2*1-3-2;/h3H2,1-2H3;2*3H,1-2H3;/q-2;;;+2. The molecule has 0 aromatic heterocycles. The van der Waals surface area contributed by atoms with Gasteiger partial charge in [-0.1, -0.05) is 0 Å². The molecule has 3 heteroatoms. The maximum absolute atomic E-state index is 2.67. The summed E-state index contributed by atoms with van der Waals surface area (Å²) in [6.45, 7) is 10.8. The monoisotopic (exact) mass is 278 g/mol. The Balaban J connectivity index is 2.86. The van der Waals surface area contributed by atoms with E-state index in [2.05, 4.69) is 48.0 Å². The van der Waals surface area contributed by atoms with Gasteiger partial charge in [0.15, 0.2) is 0 Å². The molecule has 0 aromatic carbocycles. The van der Waals surface area contributed by atoms with Crippen molar-refractivity contribution in [3.8, 4) is 0 Å². The number of hydrogen-bond acceptors (Lipinski definition) is 2. The fourth-order valence-electron chi connectivity index (χ4n) is 3.19. The van der Waals surface area contributed by atoms with E-state index in [4.69, 9.17) is 0 Å². The second-order valence-corrected chi connectivity index (χ2v) is 20.0. The third kappa shape index (κ3) is 1.23. The van der Waals surface area contributed by atoms with Crippen LogP contribution in [0.5, 0.6) is 0 Å². The molecule has 0 amide bonds. The van der Waals surface area contributed by atoms with Crippen LogP contribution in [0.25, 0.3) is 0 Å². The summed E-state index contributed by atoms with van der Waals surface area (Å²) in [4.78, 5) is 0. The molecule has 12 heavy (non-hydrogen) atoms. The molecule has 0 spiro atoms. The molecular weight excluding hydrogens is 255 g/mol. The van der Waals surface area contributed by atoms with Crippen molar-refractivity contribution in [2.75, 3.05) is 20.8 Å². The molecule has 0 aromatic rings. The van der Waals surface area contributed by atoms with Gasteiger partial charge in [-0.2, -0.15) is 0 Å². The van der Waals surface area contributed by atoms with Crippen LogP contribution in [0.4, 0.5) is 0 Å². The minimum absolute atomic E-state index is 0.906. The van der Waals surface area contributed by atoms with E-state index in [1.165, 1.54) is 6.67 Å². The van der Waals surface area contributed by atoms with Crippen LogP contribution in [0.15, 0.2) is 0 Å². The molecule has 0 aliphatic carbocycles. The summed E-state index contributed by atoms with van der Waals surface area (Å²) in [7, 11) is 4.63. The van der Waals surface area contributed by atoms with Gasteiger partial charge >= 0.3 is 81.5 Å². The van der Waals surface area contributed by atoms with Gasteiger partial charge in [-0.05, 0) is 0 Å². The van der Waals surface area contributed by atoms with E-state index in [9.17, 15) is 0 Å². The van der Waals surface area contributed by atoms with Crippen LogP contribution in [0, 0.1) is 0 Å². The van der Waals surface area contributed by atoms with Crippen LogP contribution in [0.2, 0.25) is 7.87 Å². The molecule has 1 aliphatic rings. The fourth-order valence-corrected chi connectivity index (χ4v) is 20.6. The van der Waals surface area contributed by atoms with Gasteiger partial charge in [0.1, 0.15) is 0 Å². The molecule has 0 saturated carbocycles. The second kappa shape index (κ2) is 3.46. The van der Waals surface area contributed by atoms with Gasteiger partial charge in [-0.25, -0.2) is 0 Å². The van der Waals surface area contributed by atoms with Gasteiger partial charge < -0.3 is 0 Å². The molecule has 0 unspecified atom stereocenters. The van der Waals surface area contributed by atoms with Crippen molar-refractivity contribution >= 4 is 18.9 Å². The summed E-state index contributed by atoms with van der Waals surface area (Å²) in [5.74, 6) is 0. The van der Waals surface area contributed by atoms with E-state index in [0.717, 1.165) is 7.87 Å². The Kier molecular flexibility index (Phi) is 3.12. The normalized spacial score (nSPS) is 25.0. The first-order chi connectivity index (χ1) is 5.44. The third-order valence-electron chi connectivity index (χ3n) is 3.35. The van der Waals surface area contributed by atoms with Crippen LogP contribution >= 0.6 is 0 Å². The Morgan fingerprint density at radius 3 is 1.33 bits per heavy atom. The summed E-state index contributed by atoms with van der Waals surface area (Å²) >= 11 is -2.03. The molecule has 1 fully saturated rings. The van der Waals surface area contributed by atoms with Crippen molar-refractivity contribution in [1.29, 1.82) is 0 Å². The van der Waals surface area contributed by atoms with Crippen molar-refractivity contribution in [2.24, 2.45) is 0 Å². The molecule has 0 atom stereocenters. The molecule has 72 valence electrons. The number of nitrogens with zero attached hydrogens (tertiary/aromatic N) is 2. The zero-order valence-corrected chi connectivity index (χ0v) is 12.1. The van der Waals surface area contributed by atoms with Gasteiger partial charge in [0.2, 0.25) is 0 Å². The Hall–Kier alpha value is 0.719. The van der Waals surface area contributed by atoms with E-state index >= 15 is 0 Å². The van der Waals surface area contributed by atoms with Crippen LogP contribution in [-0.2, 0) is 0 Å². The molecule has 2 nitrogen and oxygen atoms in total. The summed E-state index contributed by atoms with van der Waals surface area (Å²) in [5, 5.41) is 0. The van der Waals surface area contributed by atoms with Crippen molar-refractivity contribution < 1.29 is 0 Å². The van der Waals surface area contributed by atoms with Crippen LogP contribution < -0.4 is 0 Å². The van der Waals surface area contributed by atoms with E-state index in [1.807, 2.05) is 0 Å². The summed E-state index contributed by atoms with van der Waals surface area (Å²) < 4.78 is 7.15. The van der Waals surface area contributed by atoms with Crippen LogP contribution in [0.3, 0.4) is 0 Å². The minimum atomic E-state index is -2.03. The fraction of sp³-hybridized carbons (Fsp3) is 1.00. The molecule has 1 saturated heterocycles. The summed E-state index contributed by atoms with van der Waals surface area (Å²) in [5.41, 5.74) is 0. The van der Waals surface area contributed by atoms with Crippen molar-refractivity contribution in [2.45, 2.75) is 35.6 Å². The maximum atomic E-state index is 2.67. The van der Waals surface area contributed by atoms with Gasteiger partial charge in [0.25, 0.3) is 0 Å². The zero-order valence-electron chi connectivity index (χ0n) is 9.26. The first-order valence-corrected chi connectivity index (χ1v) is 10.7. The Morgan fingerprint density at radius 1 is 0.917 bits per heavy atom. The van der Waals surface area contributed by atoms with E-state index in [0.29, 0.717) is 0 Å². The molecule has 1 aliphatic heterocycles. The second-order valence-electron chi connectivity index (χ2n) is 4.63. The average Bonchev–Trinajstić information content (AvgIpc) is 1.84. The average molecular weight is 277 g/mol. The first kappa shape index (κ1) is 10.8. The summed E-state index contributed by atoms with van der Waals surface area (Å²) in [6, 6.07) is 0. The third-order valence-corrected chi connectivity index (χ3v) is 20.8. The Bertz CT molecular complexity index is 137. The van der Waals surface area contributed by atoms with Crippen LogP contribution in [0.1, 0.15) is 27.7 Å². The van der Waals surface area contributed by atoms with Crippen molar-refractivity contribution in [3.63, 3.8) is 0 Å². The van der Waals surface area contributed by atoms with E-state index < -0.39 is 18.9 Å². The van der Waals surface area contributed by atoms with Gasteiger partial charge in [-0.15, -0.1) is 0 Å². The predicted molar refractivity (Wildman–Crippen MR) is 56.3 cm³/mol. The Morgan fingerprint density at radius 2 is 1.25 bits per heavy atom. The molecule has 0 bridgehead atoms. The number of rotatable bonds is 2. The topological polar surface area (TPSA) is 6.48 Å². The molecular formula is C9H22N2Sn. The quantitative estimate of drug-likeness (QED) is 0.713. The molecule has 0 N–H and O–H groups in total. The van der Waals surface area contributed by atoms with E-state index in [-0.39, 0.29) is 0 Å². The van der Waals surface area contributed by atoms with Crippen LogP contribution in [-0.4, -0.2) is 45.9 Å². The van der Waals surface area contributed by atoms with Crippen molar-refractivity contribution in [3.05, 3.63) is 0 Å². The number of hydrogen-bond donors (Lipinski definition) is 0. The van der Waals surface area contributed by atoms with E-state index in [1.54, 1.807) is 0 Å². The van der Waals surface area contributed by atoms with Gasteiger partial charge in [0, 0.05) is 0 Å². The zero-order chi connectivity index (χ0) is 9.52. The first-order valence-electron chi connectivity index (χ1n) is 4.86. The van der Waals surface area contributed by atoms with Gasteiger partial charge in [-0.3, -0.25) is 0 Å². The summed E-state index contributed by atoms with van der Waals surface area (Å²) in [6.07, 6.45) is 0. The SMILES string of the molecule is C[CH](C)[Sn]1([CH](C)C)[N](C)C[N]1C. The Labute approximate surface area is 81.5 Å². The molecule has 1 rings (SSSR count).